The number of para-hydroxylation sites is 1. The van der Waals surface area contributed by atoms with Gasteiger partial charge in [0.05, 0.1) is 5.92 Å². The van der Waals surface area contributed by atoms with Gasteiger partial charge in [-0.05, 0) is 25.0 Å². The predicted octanol–water partition coefficient (Wildman–Crippen LogP) is 2.04. The number of anilines is 1. The molecule has 0 atom stereocenters. The first-order valence-corrected chi connectivity index (χ1v) is 6.40. The van der Waals surface area contributed by atoms with Crippen molar-refractivity contribution >= 4 is 17.7 Å². The highest BCUT2D eigenvalue weighted by Gasteiger charge is 2.28. The van der Waals surface area contributed by atoms with E-state index in [0.717, 1.165) is 5.69 Å². The summed E-state index contributed by atoms with van der Waals surface area (Å²) in [6.07, 6.45) is 1.06. The maximum atomic E-state index is 12.3. The van der Waals surface area contributed by atoms with Crippen LogP contribution in [0, 0.1) is 5.92 Å². The molecule has 0 unspecified atom stereocenters. The highest BCUT2D eigenvalue weighted by Crippen LogP contribution is 2.20. The van der Waals surface area contributed by atoms with Crippen LogP contribution in [0.1, 0.15) is 12.8 Å². The van der Waals surface area contributed by atoms with Crippen LogP contribution in [0.25, 0.3) is 0 Å². The van der Waals surface area contributed by atoms with Crippen molar-refractivity contribution in [3.05, 3.63) is 30.3 Å². The Morgan fingerprint density at radius 2 is 1.79 bits per heavy atom. The number of amides is 2. The first kappa shape index (κ1) is 13.4. The van der Waals surface area contributed by atoms with Crippen LogP contribution in [0.2, 0.25) is 0 Å². The van der Waals surface area contributed by atoms with E-state index < -0.39 is 5.97 Å². The second kappa shape index (κ2) is 5.73. The van der Waals surface area contributed by atoms with E-state index in [4.69, 9.17) is 5.11 Å². The molecular formula is C14H18N2O3. The topological polar surface area (TPSA) is 60.9 Å². The quantitative estimate of drug-likeness (QED) is 0.887. The number of hydrogen-bond donors (Lipinski definition) is 1. The first-order valence-electron chi connectivity index (χ1n) is 6.40. The molecule has 0 bridgehead atoms. The Hall–Kier alpha value is -2.04. The highest BCUT2D eigenvalue weighted by molar-refractivity contribution is 5.91. The number of likely N-dealkylation sites (tertiary alicyclic amines) is 1. The average Bonchev–Trinajstić information content (AvgIpc) is 2.46. The Kier molecular flexibility index (Phi) is 4.04. The van der Waals surface area contributed by atoms with Gasteiger partial charge in [-0.2, -0.15) is 0 Å². The summed E-state index contributed by atoms with van der Waals surface area (Å²) in [7, 11) is 1.74. The third-order valence-electron chi connectivity index (χ3n) is 3.55. The summed E-state index contributed by atoms with van der Waals surface area (Å²) in [5.74, 6) is -1.07. The number of rotatable bonds is 2. The Morgan fingerprint density at radius 1 is 1.21 bits per heavy atom. The van der Waals surface area contributed by atoms with Gasteiger partial charge < -0.3 is 10.0 Å². The Bertz CT molecular complexity index is 453. The number of nitrogens with zero attached hydrogens (tertiary/aromatic N) is 2. The number of carbonyl (C=O) groups is 2. The molecule has 0 radical (unpaired) electrons. The van der Waals surface area contributed by atoms with Gasteiger partial charge in [-0.25, -0.2) is 4.79 Å². The Balaban J connectivity index is 1.96. The van der Waals surface area contributed by atoms with Crippen LogP contribution in [0.15, 0.2) is 30.3 Å². The first-order chi connectivity index (χ1) is 9.09. The van der Waals surface area contributed by atoms with Crippen molar-refractivity contribution in [2.45, 2.75) is 12.8 Å². The molecule has 1 fully saturated rings. The number of hydrogen-bond acceptors (Lipinski definition) is 2. The van der Waals surface area contributed by atoms with E-state index in [9.17, 15) is 9.59 Å². The van der Waals surface area contributed by atoms with Crippen LogP contribution < -0.4 is 4.90 Å². The molecule has 1 heterocycles. The lowest BCUT2D eigenvalue weighted by molar-refractivity contribution is -0.143. The number of benzene rings is 1. The van der Waals surface area contributed by atoms with Crippen LogP contribution in [-0.2, 0) is 4.79 Å². The monoisotopic (exact) mass is 262 g/mol. The molecule has 0 saturated carbocycles. The van der Waals surface area contributed by atoms with Gasteiger partial charge in [0.2, 0.25) is 0 Å². The van der Waals surface area contributed by atoms with Gasteiger partial charge in [-0.3, -0.25) is 9.69 Å². The summed E-state index contributed by atoms with van der Waals surface area (Å²) in [6, 6.07) is 9.35. The molecule has 1 aliphatic heterocycles. The minimum absolute atomic E-state index is 0.0740. The Labute approximate surface area is 112 Å². The van der Waals surface area contributed by atoms with Crippen molar-refractivity contribution < 1.29 is 14.7 Å². The summed E-state index contributed by atoms with van der Waals surface area (Å²) >= 11 is 0. The zero-order valence-corrected chi connectivity index (χ0v) is 11.0. The van der Waals surface area contributed by atoms with Crippen molar-refractivity contribution in [3.63, 3.8) is 0 Å². The van der Waals surface area contributed by atoms with Gasteiger partial charge in [0, 0.05) is 25.8 Å². The van der Waals surface area contributed by atoms with E-state index in [1.165, 1.54) is 0 Å². The van der Waals surface area contributed by atoms with Crippen LogP contribution in [0.4, 0.5) is 10.5 Å². The number of carboxylic acids is 1. The third kappa shape index (κ3) is 3.05. The minimum atomic E-state index is -0.761. The maximum absolute atomic E-state index is 12.3. The molecule has 1 aliphatic rings. The minimum Gasteiger partial charge on any atom is -0.481 e. The molecule has 2 rings (SSSR count). The molecule has 1 aromatic rings. The highest BCUT2D eigenvalue weighted by atomic mass is 16.4. The molecule has 2 amide bonds. The van der Waals surface area contributed by atoms with Gasteiger partial charge >= 0.3 is 12.0 Å². The number of carbonyl (C=O) groups excluding carboxylic acids is 1. The fourth-order valence-electron chi connectivity index (χ4n) is 2.29. The number of urea groups is 1. The van der Waals surface area contributed by atoms with Crippen molar-refractivity contribution in [2.24, 2.45) is 5.92 Å². The zero-order chi connectivity index (χ0) is 13.8. The van der Waals surface area contributed by atoms with E-state index >= 15 is 0 Å². The summed E-state index contributed by atoms with van der Waals surface area (Å²) in [5, 5.41) is 8.94. The number of piperidine rings is 1. The van der Waals surface area contributed by atoms with E-state index in [1.54, 1.807) is 16.8 Å². The standard InChI is InChI=1S/C14H18N2O3/c1-15(12-5-3-2-4-6-12)14(19)16-9-7-11(8-10-16)13(17)18/h2-6,11H,7-10H2,1H3,(H,17,18). The van der Waals surface area contributed by atoms with Gasteiger partial charge in [0.25, 0.3) is 0 Å². The van der Waals surface area contributed by atoms with Crippen LogP contribution in [0.3, 0.4) is 0 Å². The molecular weight excluding hydrogens is 244 g/mol. The zero-order valence-electron chi connectivity index (χ0n) is 11.0. The van der Waals surface area contributed by atoms with Crippen LogP contribution in [0.5, 0.6) is 0 Å². The van der Waals surface area contributed by atoms with Crippen molar-refractivity contribution in [3.8, 4) is 0 Å². The van der Waals surface area contributed by atoms with Gasteiger partial charge in [0.1, 0.15) is 0 Å². The molecule has 102 valence electrons. The lowest BCUT2D eigenvalue weighted by atomic mass is 9.97. The van der Waals surface area contributed by atoms with E-state index in [1.807, 2.05) is 30.3 Å². The summed E-state index contributed by atoms with van der Waals surface area (Å²) in [5.41, 5.74) is 0.841. The lowest BCUT2D eigenvalue weighted by Crippen LogP contribution is -2.46. The Morgan fingerprint density at radius 3 is 2.32 bits per heavy atom. The number of carboxylic acid groups (broad SMARTS) is 1. The SMILES string of the molecule is CN(C(=O)N1CCC(C(=O)O)CC1)c1ccccc1. The van der Waals surface area contributed by atoms with Crippen LogP contribution >= 0.6 is 0 Å². The van der Waals surface area contributed by atoms with Gasteiger partial charge in [-0.15, -0.1) is 0 Å². The summed E-state index contributed by atoms with van der Waals surface area (Å²) in [6.45, 7) is 1.01. The lowest BCUT2D eigenvalue weighted by Gasteiger charge is -2.33. The predicted molar refractivity (Wildman–Crippen MR) is 72.2 cm³/mol. The smallest absolute Gasteiger partial charge is 0.324 e. The van der Waals surface area contributed by atoms with Gasteiger partial charge in [-0.1, -0.05) is 18.2 Å². The maximum Gasteiger partial charge on any atom is 0.324 e. The molecule has 1 aromatic carbocycles. The second-order valence-electron chi connectivity index (χ2n) is 4.78. The normalized spacial score (nSPS) is 16.2. The molecule has 0 aromatic heterocycles. The third-order valence-corrected chi connectivity index (χ3v) is 3.55. The van der Waals surface area contributed by atoms with Crippen molar-refractivity contribution in [1.29, 1.82) is 0 Å². The fourth-order valence-corrected chi connectivity index (χ4v) is 2.29. The van der Waals surface area contributed by atoms with E-state index in [-0.39, 0.29) is 11.9 Å². The molecule has 1 saturated heterocycles. The van der Waals surface area contributed by atoms with Crippen molar-refractivity contribution in [1.82, 2.24) is 4.90 Å². The molecule has 0 spiro atoms. The average molecular weight is 262 g/mol. The van der Waals surface area contributed by atoms with E-state index in [0.29, 0.717) is 25.9 Å². The van der Waals surface area contributed by atoms with Gasteiger partial charge in [0.15, 0.2) is 0 Å². The van der Waals surface area contributed by atoms with Crippen molar-refractivity contribution in [2.75, 3.05) is 25.0 Å². The number of aliphatic carboxylic acids is 1. The van der Waals surface area contributed by atoms with Crippen LogP contribution in [-0.4, -0.2) is 42.1 Å². The molecule has 5 heteroatoms. The van der Waals surface area contributed by atoms with E-state index in [2.05, 4.69) is 0 Å². The molecule has 19 heavy (non-hydrogen) atoms. The summed E-state index contributed by atoms with van der Waals surface area (Å²) < 4.78 is 0. The largest absolute Gasteiger partial charge is 0.481 e. The molecule has 1 N–H and O–H groups in total. The fraction of sp³-hybridized carbons (Fsp3) is 0.429. The molecule has 5 nitrogen and oxygen atoms in total. The second-order valence-corrected chi connectivity index (χ2v) is 4.78. The summed E-state index contributed by atoms with van der Waals surface area (Å²) in [4.78, 5) is 26.5. The molecule has 0 aliphatic carbocycles.